The van der Waals surface area contributed by atoms with E-state index in [1.807, 2.05) is 42.2 Å². The zero-order valence-corrected chi connectivity index (χ0v) is 12.6. The van der Waals surface area contributed by atoms with Gasteiger partial charge in [-0.15, -0.1) is 0 Å². The van der Waals surface area contributed by atoms with E-state index in [0.717, 1.165) is 38.2 Å². The number of nitrogens with zero attached hydrogens (tertiary/aromatic N) is 1. The molecule has 112 valence electrons. The van der Waals surface area contributed by atoms with Crippen molar-refractivity contribution in [2.45, 2.75) is 26.2 Å². The SMILES string of the molecule is CCC(=O)N(CCNCCCCOC)c1ccccc1. The minimum atomic E-state index is 0.164. The molecule has 0 radical (unpaired) electrons. The van der Waals surface area contributed by atoms with Crippen molar-refractivity contribution in [3.05, 3.63) is 30.3 Å². The topological polar surface area (TPSA) is 41.6 Å². The third-order valence-corrected chi connectivity index (χ3v) is 3.14. The number of carbonyl (C=O) groups excluding carboxylic acids is 1. The normalized spacial score (nSPS) is 10.5. The van der Waals surface area contributed by atoms with Gasteiger partial charge in [0.2, 0.25) is 5.91 Å². The highest BCUT2D eigenvalue weighted by atomic mass is 16.5. The van der Waals surface area contributed by atoms with Crippen LogP contribution in [0.1, 0.15) is 26.2 Å². The van der Waals surface area contributed by atoms with Gasteiger partial charge in [0.15, 0.2) is 0 Å². The van der Waals surface area contributed by atoms with Gasteiger partial charge < -0.3 is 15.0 Å². The van der Waals surface area contributed by atoms with Gasteiger partial charge in [0.05, 0.1) is 0 Å². The quantitative estimate of drug-likeness (QED) is 0.668. The highest BCUT2D eigenvalue weighted by Crippen LogP contribution is 2.13. The molecule has 0 heterocycles. The molecule has 0 saturated carbocycles. The number of rotatable bonds is 10. The monoisotopic (exact) mass is 278 g/mol. The number of hydrogen-bond donors (Lipinski definition) is 1. The van der Waals surface area contributed by atoms with Gasteiger partial charge in [-0.3, -0.25) is 4.79 Å². The van der Waals surface area contributed by atoms with E-state index < -0.39 is 0 Å². The lowest BCUT2D eigenvalue weighted by Gasteiger charge is -2.22. The molecule has 0 fully saturated rings. The summed E-state index contributed by atoms with van der Waals surface area (Å²) in [5.74, 6) is 0.164. The first-order valence-corrected chi connectivity index (χ1v) is 7.34. The van der Waals surface area contributed by atoms with Crippen molar-refractivity contribution in [3.8, 4) is 0 Å². The van der Waals surface area contributed by atoms with Crippen LogP contribution >= 0.6 is 0 Å². The van der Waals surface area contributed by atoms with E-state index in [0.29, 0.717) is 13.0 Å². The number of methoxy groups -OCH3 is 1. The highest BCUT2D eigenvalue weighted by molar-refractivity contribution is 5.93. The molecule has 4 heteroatoms. The van der Waals surface area contributed by atoms with Crippen LogP contribution in [0, 0.1) is 0 Å². The highest BCUT2D eigenvalue weighted by Gasteiger charge is 2.12. The number of anilines is 1. The van der Waals surface area contributed by atoms with E-state index in [-0.39, 0.29) is 5.91 Å². The molecule has 0 aliphatic heterocycles. The van der Waals surface area contributed by atoms with Crippen molar-refractivity contribution in [1.29, 1.82) is 0 Å². The second-order valence-electron chi connectivity index (χ2n) is 4.68. The second-order valence-corrected chi connectivity index (χ2v) is 4.68. The molecule has 0 bridgehead atoms. The molecule has 1 aromatic rings. The summed E-state index contributed by atoms with van der Waals surface area (Å²) in [6.45, 7) is 5.20. The molecule has 1 rings (SSSR count). The lowest BCUT2D eigenvalue weighted by molar-refractivity contribution is -0.118. The fourth-order valence-corrected chi connectivity index (χ4v) is 2.01. The number of para-hydroxylation sites is 1. The van der Waals surface area contributed by atoms with E-state index >= 15 is 0 Å². The zero-order chi connectivity index (χ0) is 14.6. The molecule has 20 heavy (non-hydrogen) atoms. The fourth-order valence-electron chi connectivity index (χ4n) is 2.01. The Hall–Kier alpha value is -1.39. The predicted octanol–water partition coefficient (Wildman–Crippen LogP) is 2.45. The Balaban J connectivity index is 2.34. The average Bonchev–Trinajstić information content (AvgIpc) is 2.50. The second kappa shape index (κ2) is 10.4. The average molecular weight is 278 g/mol. The standard InChI is InChI=1S/C16H26N2O2/c1-3-16(19)18(15-9-5-4-6-10-15)13-12-17-11-7-8-14-20-2/h4-6,9-10,17H,3,7-8,11-14H2,1-2H3. The molecule has 1 N–H and O–H groups in total. The maximum Gasteiger partial charge on any atom is 0.226 e. The summed E-state index contributed by atoms with van der Waals surface area (Å²) in [5, 5.41) is 3.37. The van der Waals surface area contributed by atoms with Gasteiger partial charge in [-0.2, -0.15) is 0 Å². The first-order valence-electron chi connectivity index (χ1n) is 7.34. The minimum absolute atomic E-state index is 0.164. The summed E-state index contributed by atoms with van der Waals surface area (Å²) < 4.78 is 5.01. The van der Waals surface area contributed by atoms with Gasteiger partial charge in [0.25, 0.3) is 0 Å². The fraction of sp³-hybridized carbons (Fsp3) is 0.562. The van der Waals surface area contributed by atoms with E-state index in [1.165, 1.54) is 0 Å². The number of amides is 1. The van der Waals surface area contributed by atoms with Crippen LogP contribution in [0.3, 0.4) is 0 Å². The van der Waals surface area contributed by atoms with Crippen LogP contribution in [-0.2, 0) is 9.53 Å². The van der Waals surface area contributed by atoms with Crippen molar-refractivity contribution in [1.82, 2.24) is 5.32 Å². The van der Waals surface area contributed by atoms with Crippen LogP contribution in [0.5, 0.6) is 0 Å². The Bertz CT molecular complexity index is 368. The van der Waals surface area contributed by atoms with E-state index in [4.69, 9.17) is 4.74 Å². The van der Waals surface area contributed by atoms with Crippen molar-refractivity contribution in [3.63, 3.8) is 0 Å². The lowest BCUT2D eigenvalue weighted by atomic mass is 10.2. The Morgan fingerprint density at radius 1 is 1.20 bits per heavy atom. The van der Waals surface area contributed by atoms with Crippen LogP contribution in [-0.4, -0.2) is 39.3 Å². The number of benzene rings is 1. The third kappa shape index (κ3) is 6.17. The summed E-state index contributed by atoms with van der Waals surface area (Å²) in [7, 11) is 1.72. The zero-order valence-electron chi connectivity index (χ0n) is 12.6. The first-order chi connectivity index (χ1) is 9.79. The molecule has 0 aliphatic carbocycles. The molecule has 1 aromatic carbocycles. The van der Waals surface area contributed by atoms with Gasteiger partial charge in [-0.05, 0) is 31.5 Å². The van der Waals surface area contributed by atoms with Crippen molar-refractivity contribution < 1.29 is 9.53 Å². The summed E-state index contributed by atoms with van der Waals surface area (Å²) in [6.07, 6.45) is 2.70. The first kappa shape index (κ1) is 16.7. The molecule has 1 amide bonds. The lowest BCUT2D eigenvalue weighted by Crippen LogP contribution is -2.36. The van der Waals surface area contributed by atoms with E-state index in [2.05, 4.69) is 5.32 Å². The van der Waals surface area contributed by atoms with Gasteiger partial charge in [0.1, 0.15) is 0 Å². The van der Waals surface area contributed by atoms with Gasteiger partial charge >= 0.3 is 0 Å². The summed E-state index contributed by atoms with van der Waals surface area (Å²) in [6, 6.07) is 9.84. The smallest absolute Gasteiger partial charge is 0.226 e. The molecule has 0 spiro atoms. The van der Waals surface area contributed by atoms with Crippen LogP contribution in [0.2, 0.25) is 0 Å². The number of ether oxygens (including phenoxy) is 1. The van der Waals surface area contributed by atoms with Crippen LogP contribution in [0.4, 0.5) is 5.69 Å². The molecular weight excluding hydrogens is 252 g/mol. The Morgan fingerprint density at radius 3 is 2.60 bits per heavy atom. The predicted molar refractivity (Wildman–Crippen MR) is 83.1 cm³/mol. The summed E-state index contributed by atoms with van der Waals surface area (Å²) in [5.41, 5.74) is 0.973. The van der Waals surface area contributed by atoms with E-state index in [1.54, 1.807) is 7.11 Å². The molecule has 0 unspecified atom stereocenters. The Labute approximate surface area is 122 Å². The van der Waals surface area contributed by atoms with E-state index in [9.17, 15) is 4.79 Å². The summed E-state index contributed by atoms with van der Waals surface area (Å²) >= 11 is 0. The molecule has 0 aliphatic rings. The van der Waals surface area contributed by atoms with Gasteiger partial charge in [-0.25, -0.2) is 0 Å². The number of hydrogen-bond acceptors (Lipinski definition) is 3. The number of unbranched alkanes of at least 4 members (excludes halogenated alkanes) is 1. The number of carbonyl (C=O) groups is 1. The Kier molecular flexibility index (Phi) is 8.67. The van der Waals surface area contributed by atoms with Crippen molar-refractivity contribution in [2.75, 3.05) is 38.3 Å². The molecule has 0 aromatic heterocycles. The van der Waals surface area contributed by atoms with Crippen molar-refractivity contribution >= 4 is 11.6 Å². The molecule has 0 saturated heterocycles. The maximum atomic E-state index is 12.0. The van der Waals surface area contributed by atoms with Gasteiger partial charge in [0, 0.05) is 38.9 Å². The Morgan fingerprint density at radius 2 is 1.95 bits per heavy atom. The summed E-state index contributed by atoms with van der Waals surface area (Å²) in [4.78, 5) is 13.8. The molecule has 4 nitrogen and oxygen atoms in total. The van der Waals surface area contributed by atoms with Crippen molar-refractivity contribution in [2.24, 2.45) is 0 Å². The van der Waals surface area contributed by atoms with Crippen LogP contribution < -0.4 is 10.2 Å². The molecule has 0 atom stereocenters. The van der Waals surface area contributed by atoms with Gasteiger partial charge in [-0.1, -0.05) is 25.1 Å². The number of nitrogens with one attached hydrogen (secondary N) is 1. The third-order valence-electron chi connectivity index (χ3n) is 3.14. The molecular formula is C16H26N2O2. The van der Waals surface area contributed by atoms with Crippen LogP contribution in [0.15, 0.2) is 30.3 Å². The minimum Gasteiger partial charge on any atom is -0.385 e. The largest absolute Gasteiger partial charge is 0.385 e. The maximum absolute atomic E-state index is 12.0. The van der Waals surface area contributed by atoms with Crippen LogP contribution in [0.25, 0.3) is 0 Å².